The molecule has 0 heterocycles. The summed E-state index contributed by atoms with van der Waals surface area (Å²) in [5.41, 5.74) is 12.0. The summed E-state index contributed by atoms with van der Waals surface area (Å²) in [6, 6.07) is 17.9. The number of aromatic hydroxyl groups is 1. The molecule has 3 aromatic carbocycles. The Labute approximate surface area is 212 Å². The van der Waals surface area contributed by atoms with Crippen molar-refractivity contribution in [2.75, 3.05) is 16.0 Å². The van der Waals surface area contributed by atoms with Crippen LogP contribution in [-0.2, 0) is 4.79 Å². The molecule has 0 bridgehead atoms. The van der Waals surface area contributed by atoms with Crippen LogP contribution in [0.2, 0.25) is 0 Å². The normalized spacial score (nSPS) is 10.1. The van der Waals surface area contributed by atoms with Crippen molar-refractivity contribution >= 4 is 73.0 Å². The van der Waals surface area contributed by atoms with Crippen LogP contribution < -0.4 is 27.4 Å². The maximum Gasteiger partial charge on any atom is 0.323 e. The molecular weight excluding hydrogens is 570 g/mol. The largest absolute Gasteiger partial charge is 0.506 e. The number of anilines is 3. The number of carbonyl (C=O) groups excluding carboxylic acids is 3. The van der Waals surface area contributed by atoms with Crippen molar-refractivity contribution in [2.45, 2.75) is 0 Å². The van der Waals surface area contributed by atoms with Crippen molar-refractivity contribution in [1.82, 2.24) is 0 Å². The fraction of sp³-hybridized carbons (Fsp3) is 0. The smallest absolute Gasteiger partial charge is 0.323 e. The number of urea groups is 2. The molecule has 0 spiro atoms. The van der Waals surface area contributed by atoms with Gasteiger partial charge in [0, 0.05) is 15.0 Å². The van der Waals surface area contributed by atoms with Crippen molar-refractivity contribution < 1.29 is 19.5 Å². The Hall–Kier alpha value is -3.83. The minimum atomic E-state index is -0.584. The van der Waals surface area contributed by atoms with Crippen LogP contribution >= 0.6 is 31.9 Å². The summed E-state index contributed by atoms with van der Waals surface area (Å²) in [6.45, 7) is 0. The minimum absolute atomic E-state index is 0.126. The van der Waals surface area contributed by atoms with Crippen molar-refractivity contribution in [2.24, 2.45) is 11.5 Å². The van der Waals surface area contributed by atoms with E-state index in [1.165, 1.54) is 24.3 Å². The number of nitrogens with one attached hydrogen (secondary N) is 3. The Balaban J connectivity index is 0.000000310. The molecule has 0 aromatic heterocycles. The summed E-state index contributed by atoms with van der Waals surface area (Å²) in [7, 11) is 0. The summed E-state index contributed by atoms with van der Waals surface area (Å²) in [4.78, 5) is 33.0. The standard InChI is InChI=1S/C16H14BrN3O3.C7H7BrN2O/c17-11-3-1-2-4-12(11)19-16(23)20-13-7-5-10(9-14(13)21)6-8-15(18)22;8-5-3-1-2-4-6(5)10-7(9)11/h1-9,21H,(H2,18,22)(H2,19,20,23);1-4H,(H3,9,10,11). The summed E-state index contributed by atoms with van der Waals surface area (Å²) in [5, 5.41) is 17.6. The molecule has 0 radical (unpaired) electrons. The van der Waals surface area contributed by atoms with Gasteiger partial charge in [-0.25, -0.2) is 9.59 Å². The quantitative estimate of drug-likeness (QED) is 0.177. The van der Waals surface area contributed by atoms with Gasteiger partial charge in [0.15, 0.2) is 0 Å². The third-order valence-corrected chi connectivity index (χ3v) is 5.35. The number of rotatable bonds is 5. The van der Waals surface area contributed by atoms with Gasteiger partial charge in [0.1, 0.15) is 5.75 Å². The number of nitrogens with two attached hydrogens (primary N) is 2. The van der Waals surface area contributed by atoms with E-state index in [1.54, 1.807) is 30.3 Å². The van der Waals surface area contributed by atoms with Gasteiger partial charge in [-0.05, 0) is 79.9 Å². The summed E-state index contributed by atoms with van der Waals surface area (Å²) in [6.07, 6.45) is 2.65. The highest BCUT2D eigenvalue weighted by Crippen LogP contribution is 2.26. The second kappa shape index (κ2) is 13.0. The van der Waals surface area contributed by atoms with E-state index in [2.05, 4.69) is 47.8 Å². The second-order valence-corrected chi connectivity index (χ2v) is 8.25. The number of halogens is 2. The topological polar surface area (TPSA) is 160 Å². The predicted molar refractivity (Wildman–Crippen MR) is 140 cm³/mol. The molecule has 8 N–H and O–H groups in total. The van der Waals surface area contributed by atoms with E-state index in [0.29, 0.717) is 16.9 Å². The highest BCUT2D eigenvalue weighted by Gasteiger charge is 2.08. The Kier molecular flexibility index (Phi) is 10.1. The van der Waals surface area contributed by atoms with Crippen molar-refractivity contribution in [3.63, 3.8) is 0 Å². The molecule has 0 saturated heterocycles. The number of primary amides is 2. The highest BCUT2D eigenvalue weighted by molar-refractivity contribution is 9.11. The molecule has 0 unspecified atom stereocenters. The monoisotopic (exact) mass is 589 g/mol. The van der Waals surface area contributed by atoms with Crippen LogP contribution in [0, 0.1) is 0 Å². The number of hydrogen-bond donors (Lipinski definition) is 6. The first-order valence-corrected chi connectivity index (χ1v) is 11.2. The molecule has 0 fully saturated rings. The lowest BCUT2D eigenvalue weighted by Crippen LogP contribution is -2.19. The molecule has 9 nitrogen and oxygen atoms in total. The summed E-state index contributed by atoms with van der Waals surface area (Å²) >= 11 is 6.58. The molecule has 0 aliphatic heterocycles. The molecular formula is C23H21Br2N5O4. The maximum absolute atomic E-state index is 12.0. The highest BCUT2D eigenvalue weighted by atomic mass is 79.9. The Morgan fingerprint density at radius 1 is 0.765 bits per heavy atom. The van der Waals surface area contributed by atoms with Crippen LogP contribution in [0.4, 0.5) is 26.7 Å². The summed E-state index contributed by atoms with van der Waals surface area (Å²) in [5.74, 6) is -0.710. The zero-order valence-corrected chi connectivity index (χ0v) is 20.8. The minimum Gasteiger partial charge on any atom is -0.506 e. The van der Waals surface area contributed by atoms with E-state index >= 15 is 0 Å². The van der Waals surface area contributed by atoms with Gasteiger partial charge in [-0.3, -0.25) is 4.79 Å². The van der Waals surface area contributed by atoms with E-state index in [1.807, 2.05) is 24.3 Å². The molecule has 176 valence electrons. The number of amides is 5. The van der Waals surface area contributed by atoms with Gasteiger partial charge >= 0.3 is 12.1 Å². The zero-order chi connectivity index (χ0) is 25.1. The Bertz CT molecular complexity index is 1220. The number of carbonyl (C=O) groups is 3. The third-order valence-electron chi connectivity index (χ3n) is 3.96. The van der Waals surface area contributed by atoms with E-state index in [9.17, 15) is 19.5 Å². The second-order valence-electron chi connectivity index (χ2n) is 6.54. The number of phenolic OH excluding ortho intramolecular Hbond substituents is 1. The molecule has 3 aromatic rings. The Morgan fingerprint density at radius 2 is 1.29 bits per heavy atom. The molecule has 0 saturated carbocycles. The van der Waals surface area contributed by atoms with Gasteiger partial charge in [0.2, 0.25) is 5.91 Å². The first kappa shape index (κ1) is 26.4. The van der Waals surface area contributed by atoms with Gasteiger partial charge in [0.05, 0.1) is 17.1 Å². The molecule has 11 heteroatoms. The lowest BCUT2D eigenvalue weighted by atomic mass is 10.1. The number of hydrogen-bond acceptors (Lipinski definition) is 4. The molecule has 3 rings (SSSR count). The summed E-state index contributed by atoms with van der Waals surface area (Å²) < 4.78 is 1.56. The van der Waals surface area contributed by atoms with Gasteiger partial charge in [0.25, 0.3) is 0 Å². The van der Waals surface area contributed by atoms with E-state index < -0.39 is 18.0 Å². The van der Waals surface area contributed by atoms with Crippen molar-refractivity contribution in [3.05, 3.63) is 87.3 Å². The van der Waals surface area contributed by atoms with Crippen LogP contribution in [0.25, 0.3) is 6.08 Å². The first-order valence-electron chi connectivity index (χ1n) is 9.59. The SMILES string of the molecule is NC(=O)C=Cc1ccc(NC(=O)Nc2ccccc2Br)c(O)c1.NC(=O)Nc1ccccc1Br. The van der Waals surface area contributed by atoms with Crippen LogP contribution in [0.1, 0.15) is 5.56 Å². The average Bonchev–Trinajstić information content (AvgIpc) is 2.77. The fourth-order valence-corrected chi connectivity index (χ4v) is 3.24. The van der Waals surface area contributed by atoms with E-state index in [-0.39, 0.29) is 11.4 Å². The lowest BCUT2D eigenvalue weighted by molar-refractivity contribution is -0.113. The van der Waals surface area contributed by atoms with Crippen LogP contribution in [0.5, 0.6) is 5.75 Å². The van der Waals surface area contributed by atoms with Crippen LogP contribution in [-0.4, -0.2) is 23.1 Å². The molecule has 5 amide bonds. The van der Waals surface area contributed by atoms with Crippen LogP contribution in [0.3, 0.4) is 0 Å². The fourth-order valence-electron chi connectivity index (χ4n) is 2.47. The van der Waals surface area contributed by atoms with Crippen LogP contribution in [0.15, 0.2) is 81.8 Å². The van der Waals surface area contributed by atoms with E-state index in [4.69, 9.17) is 11.5 Å². The van der Waals surface area contributed by atoms with Gasteiger partial charge in [-0.15, -0.1) is 0 Å². The molecule has 0 atom stereocenters. The molecule has 0 aliphatic carbocycles. The van der Waals surface area contributed by atoms with Crippen molar-refractivity contribution in [1.29, 1.82) is 0 Å². The average molecular weight is 591 g/mol. The zero-order valence-electron chi connectivity index (χ0n) is 17.6. The number of benzene rings is 3. The third kappa shape index (κ3) is 8.96. The number of phenols is 1. The Morgan fingerprint density at radius 3 is 1.79 bits per heavy atom. The lowest BCUT2D eigenvalue weighted by Gasteiger charge is -2.10. The van der Waals surface area contributed by atoms with Gasteiger partial charge in [-0.2, -0.15) is 0 Å². The maximum atomic E-state index is 12.0. The first-order chi connectivity index (χ1) is 16.2. The number of para-hydroxylation sites is 2. The van der Waals surface area contributed by atoms with Gasteiger partial charge < -0.3 is 32.5 Å². The van der Waals surface area contributed by atoms with Gasteiger partial charge in [-0.1, -0.05) is 30.3 Å². The van der Waals surface area contributed by atoms with Crippen molar-refractivity contribution in [3.8, 4) is 5.75 Å². The molecule has 0 aliphatic rings. The molecule has 34 heavy (non-hydrogen) atoms. The van der Waals surface area contributed by atoms with E-state index in [0.717, 1.165) is 8.95 Å². The predicted octanol–water partition coefficient (Wildman–Crippen LogP) is 5.24.